The van der Waals surface area contributed by atoms with Gasteiger partial charge in [0, 0.05) is 12.3 Å². The molecule has 0 bridgehead atoms. The summed E-state index contributed by atoms with van der Waals surface area (Å²) in [4.78, 5) is 7.96. The monoisotopic (exact) mass is 288 g/mol. The van der Waals surface area contributed by atoms with Crippen LogP contribution in [0.2, 0.25) is 0 Å². The predicted molar refractivity (Wildman–Crippen MR) is 79.5 cm³/mol. The van der Waals surface area contributed by atoms with E-state index < -0.39 is 0 Å². The molecule has 0 radical (unpaired) electrons. The van der Waals surface area contributed by atoms with E-state index >= 15 is 0 Å². The Morgan fingerprint density at radius 3 is 2.38 bits per heavy atom. The number of benzene rings is 1. The number of aromatic nitrogens is 1. The minimum Gasteiger partial charge on any atom is -0.475 e. The maximum atomic E-state index is 8.66. The maximum absolute atomic E-state index is 8.66. The van der Waals surface area contributed by atoms with E-state index in [-0.39, 0.29) is 13.2 Å². The van der Waals surface area contributed by atoms with E-state index in [0.717, 1.165) is 11.1 Å². The first-order chi connectivity index (χ1) is 10.3. The molecular weight excluding hydrogens is 272 g/mol. The van der Waals surface area contributed by atoms with Crippen molar-refractivity contribution in [1.82, 2.24) is 4.98 Å². The van der Waals surface area contributed by atoms with Crippen molar-refractivity contribution >= 4 is 17.8 Å². The number of nitrogens with zero attached hydrogens (tertiary/aromatic N) is 1. The van der Waals surface area contributed by atoms with Gasteiger partial charge in [0.2, 0.25) is 5.88 Å². The number of ether oxygens (including phenoxy) is 1. The summed E-state index contributed by atoms with van der Waals surface area (Å²) in [5.41, 5.74) is 4.91. The molecule has 110 valence electrons. The molecule has 1 heterocycles. The number of hydrogen-bond donors (Lipinski definition) is 3. The fraction of sp³-hybridized carbons (Fsp3) is 0.133. The van der Waals surface area contributed by atoms with Gasteiger partial charge in [-0.2, -0.15) is 0 Å². The van der Waals surface area contributed by atoms with Gasteiger partial charge in [-0.15, -0.1) is 4.99 Å². The third kappa shape index (κ3) is 4.88. The average Bonchev–Trinajstić information content (AvgIpc) is 2.53. The predicted octanol–water partition coefficient (Wildman–Crippen LogP) is 2.44. The Hall–Kier alpha value is -2.41. The van der Waals surface area contributed by atoms with Crippen molar-refractivity contribution in [3.05, 3.63) is 53.7 Å². The maximum Gasteiger partial charge on any atom is 0.213 e. The highest BCUT2D eigenvalue weighted by atomic mass is 17.2. The number of nitrogens with one attached hydrogen (secondary N) is 1. The second kappa shape index (κ2) is 8.01. The first kappa shape index (κ1) is 15.0. The lowest BCUT2D eigenvalue weighted by Gasteiger charge is -2.02. The number of aliphatic hydroxyl groups is 1. The zero-order valence-corrected chi connectivity index (χ0v) is 11.3. The summed E-state index contributed by atoms with van der Waals surface area (Å²) in [5, 5.41) is 16.9. The van der Waals surface area contributed by atoms with Crippen LogP contribution in [0.3, 0.4) is 0 Å². The Bertz CT molecular complexity index is 567. The molecule has 0 fully saturated rings. The lowest BCUT2D eigenvalue weighted by molar-refractivity contribution is -0.215. The third-order valence-electron chi connectivity index (χ3n) is 2.64. The highest BCUT2D eigenvalue weighted by Gasteiger charge is 1.95. The van der Waals surface area contributed by atoms with Gasteiger partial charge in [-0.1, -0.05) is 24.3 Å². The van der Waals surface area contributed by atoms with Crippen LogP contribution < -0.4 is 10.2 Å². The molecule has 0 spiro atoms. The first-order valence-electron chi connectivity index (χ1n) is 6.36. The summed E-state index contributed by atoms with van der Waals surface area (Å²) in [5.74, 6) is 0.487. The molecule has 0 unspecified atom stereocenters. The van der Waals surface area contributed by atoms with Crippen molar-refractivity contribution in [1.29, 1.82) is 0 Å². The molecular formula is C15H16N2O4. The molecule has 0 saturated heterocycles. The molecule has 0 amide bonds. The van der Waals surface area contributed by atoms with Crippen LogP contribution in [0.15, 0.2) is 42.6 Å². The smallest absolute Gasteiger partial charge is 0.213 e. The first-order valence-corrected chi connectivity index (χ1v) is 6.36. The zero-order valence-electron chi connectivity index (χ0n) is 11.3. The molecule has 0 aliphatic rings. The number of pyridine rings is 1. The highest BCUT2D eigenvalue weighted by Crippen LogP contribution is 2.13. The van der Waals surface area contributed by atoms with Gasteiger partial charge in [0.05, 0.1) is 12.3 Å². The fourth-order valence-electron chi connectivity index (χ4n) is 1.63. The molecule has 0 atom stereocenters. The topological polar surface area (TPSA) is 83.8 Å². The Kier molecular flexibility index (Phi) is 5.71. The Labute approximate surface area is 122 Å². The molecule has 0 aliphatic heterocycles. The van der Waals surface area contributed by atoms with Gasteiger partial charge in [-0.3, -0.25) is 0 Å². The standard InChI is InChI=1S/C15H16N2O4/c18-9-10-20-15-8-5-13(11-16-15)2-1-12-3-6-14(7-4-12)17-21-19/h1-8,11,17-19H,9-10H2. The molecule has 2 rings (SSSR count). The van der Waals surface area contributed by atoms with Crippen molar-refractivity contribution in [3.63, 3.8) is 0 Å². The van der Waals surface area contributed by atoms with E-state index in [4.69, 9.17) is 15.1 Å². The molecule has 21 heavy (non-hydrogen) atoms. The van der Waals surface area contributed by atoms with Crippen LogP contribution in [-0.4, -0.2) is 28.6 Å². The van der Waals surface area contributed by atoms with Crippen LogP contribution in [-0.2, 0) is 4.99 Å². The van der Waals surface area contributed by atoms with Gasteiger partial charge in [0.1, 0.15) is 6.61 Å². The van der Waals surface area contributed by atoms with Crippen LogP contribution in [0.25, 0.3) is 12.2 Å². The quantitative estimate of drug-likeness (QED) is 0.536. The van der Waals surface area contributed by atoms with Gasteiger partial charge in [-0.25, -0.2) is 15.7 Å². The normalized spacial score (nSPS) is 10.8. The van der Waals surface area contributed by atoms with Crippen molar-refractivity contribution in [2.75, 3.05) is 18.7 Å². The van der Waals surface area contributed by atoms with E-state index in [0.29, 0.717) is 11.6 Å². The van der Waals surface area contributed by atoms with Gasteiger partial charge >= 0.3 is 0 Å². The number of aliphatic hydroxyl groups excluding tert-OH is 1. The van der Waals surface area contributed by atoms with Crippen molar-refractivity contribution in [3.8, 4) is 5.88 Å². The molecule has 3 N–H and O–H groups in total. The summed E-state index contributed by atoms with van der Waals surface area (Å²) in [7, 11) is 0. The SMILES string of the molecule is OCCOc1ccc(C=Cc2ccc(NOO)cc2)cn1. The second-order valence-corrected chi connectivity index (χ2v) is 4.15. The van der Waals surface area contributed by atoms with Crippen molar-refractivity contribution in [2.24, 2.45) is 0 Å². The summed E-state index contributed by atoms with van der Waals surface area (Å²) in [6.45, 7) is 0.204. The highest BCUT2D eigenvalue weighted by molar-refractivity contribution is 5.70. The summed E-state index contributed by atoms with van der Waals surface area (Å²) in [6, 6.07) is 10.9. The molecule has 6 heteroatoms. The molecule has 1 aromatic heterocycles. The number of hydrogen-bond acceptors (Lipinski definition) is 6. The number of rotatable bonds is 7. The van der Waals surface area contributed by atoms with Gasteiger partial charge in [-0.05, 0) is 29.3 Å². The summed E-state index contributed by atoms with van der Waals surface area (Å²) >= 11 is 0. The summed E-state index contributed by atoms with van der Waals surface area (Å²) in [6.07, 6.45) is 5.56. The van der Waals surface area contributed by atoms with Gasteiger partial charge < -0.3 is 9.84 Å². The van der Waals surface area contributed by atoms with E-state index in [1.807, 2.05) is 30.4 Å². The van der Waals surface area contributed by atoms with Gasteiger partial charge in [0.15, 0.2) is 0 Å². The van der Waals surface area contributed by atoms with E-state index in [1.54, 1.807) is 24.4 Å². The van der Waals surface area contributed by atoms with Gasteiger partial charge in [0.25, 0.3) is 0 Å². The molecule has 6 nitrogen and oxygen atoms in total. The van der Waals surface area contributed by atoms with Crippen molar-refractivity contribution in [2.45, 2.75) is 0 Å². The summed E-state index contributed by atoms with van der Waals surface area (Å²) < 4.78 is 5.18. The fourth-order valence-corrected chi connectivity index (χ4v) is 1.63. The Balaban J connectivity index is 1.96. The second-order valence-electron chi connectivity index (χ2n) is 4.15. The molecule has 1 aromatic carbocycles. The molecule has 0 aliphatic carbocycles. The molecule has 0 saturated carbocycles. The lowest BCUT2D eigenvalue weighted by Crippen LogP contribution is -2.02. The average molecular weight is 288 g/mol. The van der Waals surface area contributed by atoms with Crippen LogP contribution in [0.1, 0.15) is 11.1 Å². The molecule has 2 aromatic rings. The lowest BCUT2D eigenvalue weighted by atomic mass is 10.1. The minimum absolute atomic E-state index is 0.0322. The largest absolute Gasteiger partial charge is 0.475 e. The zero-order chi connectivity index (χ0) is 14.9. The Morgan fingerprint density at radius 2 is 1.76 bits per heavy atom. The van der Waals surface area contributed by atoms with Crippen LogP contribution in [0.4, 0.5) is 5.69 Å². The van der Waals surface area contributed by atoms with Crippen LogP contribution in [0.5, 0.6) is 5.88 Å². The van der Waals surface area contributed by atoms with Crippen LogP contribution in [0, 0.1) is 0 Å². The minimum atomic E-state index is -0.0322. The van der Waals surface area contributed by atoms with E-state index in [1.165, 1.54) is 0 Å². The van der Waals surface area contributed by atoms with Crippen LogP contribution >= 0.6 is 0 Å². The Morgan fingerprint density at radius 1 is 1.05 bits per heavy atom. The third-order valence-corrected chi connectivity index (χ3v) is 2.64. The van der Waals surface area contributed by atoms with E-state index in [2.05, 4.69) is 15.5 Å². The number of anilines is 1. The van der Waals surface area contributed by atoms with Crippen molar-refractivity contribution < 1.29 is 20.1 Å². The van der Waals surface area contributed by atoms with E-state index in [9.17, 15) is 0 Å².